The highest BCUT2D eigenvalue weighted by molar-refractivity contribution is 7.47. The molecule has 17 nitrogen and oxygen atoms in total. The van der Waals surface area contributed by atoms with Crippen LogP contribution in [0.4, 0.5) is 0 Å². The Hall–Kier alpha value is -1.94. The lowest BCUT2D eigenvalue weighted by molar-refractivity contribution is -0.161. The van der Waals surface area contributed by atoms with Crippen molar-refractivity contribution < 1.29 is 80.2 Å². The third-order valence-corrected chi connectivity index (χ3v) is 21.9. The molecular weight excluding hydrogens is 1350 g/mol. The Labute approximate surface area is 638 Å². The van der Waals surface area contributed by atoms with E-state index in [1.807, 2.05) is 0 Å². The molecule has 0 amide bonds. The normalized spacial score (nSPS) is 13.8. The first-order chi connectivity index (χ1) is 50.5. The van der Waals surface area contributed by atoms with Crippen molar-refractivity contribution in [3.05, 3.63) is 0 Å². The zero-order valence-electron chi connectivity index (χ0n) is 68.2. The van der Waals surface area contributed by atoms with E-state index in [-0.39, 0.29) is 25.7 Å². The standard InChI is InChI=1S/C85H166O17P2/c1-6-9-12-15-18-21-24-26-28-30-32-33-34-35-37-39-41-45-50-55-60-65-70-84(89)101-81(75-96-83(88)69-64-59-54-49-44-40-38-36-31-29-27-25-22-19-16-13-10-7-2)77-100-104(93,94)98-73-79(86)72-97-103(91,92)99-76-80(74-95-82(87)68-63-58-53-48-23-20-17-14-11-8-3)102-85(90)71-66-61-56-51-46-42-43-47-52-57-62-67-78(4)5/h78-81,86H,6-77H2,1-5H3,(H,91,92)(H,93,94)/t79-,80+,81+/m0/s1. The summed E-state index contributed by atoms with van der Waals surface area (Å²) in [5.41, 5.74) is 0. The van der Waals surface area contributed by atoms with Crippen molar-refractivity contribution in [3.63, 3.8) is 0 Å². The van der Waals surface area contributed by atoms with Crippen LogP contribution in [0.3, 0.4) is 0 Å². The zero-order chi connectivity index (χ0) is 76.2. The van der Waals surface area contributed by atoms with Gasteiger partial charge >= 0.3 is 39.5 Å². The predicted octanol–water partition coefficient (Wildman–Crippen LogP) is 26.0. The summed E-state index contributed by atoms with van der Waals surface area (Å²) in [4.78, 5) is 73.1. The lowest BCUT2D eigenvalue weighted by Gasteiger charge is -2.21. The van der Waals surface area contributed by atoms with Crippen molar-refractivity contribution >= 4 is 39.5 Å². The molecule has 0 heterocycles. The summed E-state index contributed by atoms with van der Waals surface area (Å²) in [5, 5.41) is 10.7. The molecule has 0 aromatic carbocycles. The van der Waals surface area contributed by atoms with Crippen LogP contribution in [-0.2, 0) is 65.4 Å². The molecule has 19 heteroatoms. The number of carbonyl (C=O) groups is 4. The van der Waals surface area contributed by atoms with Crippen LogP contribution in [0.15, 0.2) is 0 Å². The first-order valence-electron chi connectivity index (χ1n) is 44.1. The highest BCUT2D eigenvalue weighted by Gasteiger charge is 2.30. The Bertz CT molecular complexity index is 1980. The molecule has 2 unspecified atom stereocenters. The smallest absolute Gasteiger partial charge is 0.462 e. The van der Waals surface area contributed by atoms with E-state index in [0.29, 0.717) is 25.7 Å². The summed E-state index contributed by atoms with van der Waals surface area (Å²) in [6.45, 7) is 7.34. The van der Waals surface area contributed by atoms with Gasteiger partial charge in [-0.25, -0.2) is 9.13 Å². The highest BCUT2D eigenvalue weighted by Crippen LogP contribution is 2.45. The number of aliphatic hydroxyl groups excluding tert-OH is 1. The van der Waals surface area contributed by atoms with Crippen molar-refractivity contribution in [2.24, 2.45) is 5.92 Å². The van der Waals surface area contributed by atoms with Crippen molar-refractivity contribution in [1.29, 1.82) is 0 Å². The Morgan fingerprint density at radius 3 is 0.654 bits per heavy atom. The molecule has 0 bridgehead atoms. The summed E-state index contributed by atoms with van der Waals surface area (Å²) in [6, 6.07) is 0. The van der Waals surface area contributed by atoms with Crippen LogP contribution in [-0.4, -0.2) is 96.7 Å². The number of carbonyl (C=O) groups excluding carboxylic acids is 4. The van der Waals surface area contributed by atoms with E-state index in [1.54, 1.807) is 0 Å². The van der Waals surface area contributed by atoms with Crippen LogP contribution >= 0.6 is 15.6 Å². The third-order valence-electron chi connectivity index (χ3n) is 20.0. The molecule has 0 aliphatic heterocycles. The largest absolute Gasteiger partial charge is 0.472 e. The van der Waals surface area contributed by atoms with Crippen molar-refractivity contribution in [3.8, 4) is 0 Å². The first-order valence-corrected chi connectivity index (χ1v) is 47.1. The molecule has 0 spiro atoms. The van der Waals surface area contributed by atoms with E-state index in [2.05, 4.69) is 34.6 Å². The van der Waals surface area contributed by atoms with Crippen LogP contribution in [0, 0.1) is 5.92 Å². The average molecular weight is 1520 g/mol. The number of rotatable bonds is 85. The van der Waals surface area contributed by atoms with Gasteiger partial charge in [0.05, 0.1) is 26.4 Å². The molecule has 0 radical (unpaired) electrons. The molecule has 3 N–H and O–H groups in total. The molecule has 104 heavy (non-hydrogen) atoms. The number of esters is 4. The number of phosphoric acid groups is 2. The number of hydrogen-bond acceptors (Lipinski definition) is 15. The second-order valence-corrected chi connectivity index (χ2v) is 34.0. The van der Waals surface area contributed by atoms with E-state index in [0.717, 1.165) is 95.8 Å². The molecule has 0 aliphatic rings. The summed E-state index contributed by atoms with van der Waals surface area (Å²) in [6.07, 6.45) is 70.9. The van der Waals surface area contributed by atoms with Crippen molar-refractivity contribution in [1.82, 2.24) is 0 Å². The fourth-order valence-electron chi connectivity index (χ4n) is 13.3. The fourth-order valence-corrected chi connectivity index (χ4v) is 14.9. The SMILES string of the molecule is CCCCCCCCCCCCCCCCCCCCCCCCC(=O)O[C@H](COC(=O)CCCCCCCCCCCCCCCCCCCC)COP(=O)(O)OC[C@@H](O)COP(=O)(O)OC[C@@H](COC(=O)CCCCCCCCCCCC)OC(=O)CCCCCCCCCCCCCC(C)C. The van der Waals surface area contributed by atoms with Gasteiger partial charge in [0, 0.05) is 25.7 Å². The Balaban J connectivity index is 5.21. The Morgan fingerprint density at radius 1 is 0.260 bits per heavy atom. The zero-order valence-corrected chi connectivity index (χ0v) is 70.0. The summed E-state index contributed by atoms with van der Waals surface area (Å²) in [7, 11) is -9.92. The Morgan fingerprint density at radius 2 is 0.442 bits per heavy atom. The molecule has 0 aromatic heterocycles. The minimum Gasteiger partial charge on any atom is -0.462 e. The fraction of sp³-hybridized carbons (Fsp3) is 0.953. The maximum Gasteiger partial charge on any atom is 0.472 e. The minimum absolute atomic E-state index is 0.107. The van der Waals surface area contributed by atoms with Crippen molar-refractivity contribution in [2.45, 2.75) is 477 Å². The molecule has 5 atom stereocenters. The van der Waals surface area contributed by atoms with Gasteiger partial charge in [-0.15, -0.1) is 0 Å². The van der Waals surface area contributed by atoms with Crippen molar-refractivity contribution in [2.75, 3.05) is 39.6 Å². The maximum atomic E-state index is 13.1. The predicted molar refractivity (Wildman–Crippen MR) is 428 cm³/mol. The van der Waals surface area contributed by atoms with Crippen LogP contribution in [0.1, 0.15) is 458 Å². The van der Waals surface area contributed by atoms with Gasteiger partial charge in [-0.05, 0) is 31.6 Å². The van der Waals surface area contributed by atoms with E-state index in [9.17, 15) is 43.2 Å². The second-order valence-electron chi connectivity index (χ2n) is 31.1. The van der Waals surface area contributed by atoms with Crippen LogP contribution in [0.5, 0.6) is 0 Å². The van der Waals surface area contributed by atoms with Gasteiger partial charge in [0.25, 0.3) is 0 Å². The van der Waals surface area contributed by atoms with E-state index >= 15 is 0 Å². The number of hydrogen-bond donors (Lipinski definition) is 3. The number of aliphatic hydroxyl groups is 1. The van der Waals surface area contributed by atoms with Crippen LogP contribution in [0.25, 0.3) is 0 Å². The summed E-state index contributed by atoms with van der Waals surface area (Å²) < 4.78 is 68.8. The molecule has 0 fully saturated rings. The highest BCUT2D eigenvalue weighted by atomic mass is 31.2. The summed E-state index contributed by atoms with van der Waals surface area (Å²) >= 11 is 0. The van der Waals surface area contributed by atoms with Crippen LogP contribution in [0.2, 0.25) is 0 Å². The first kappa shape index (κ1) is 102. The van der Waals surface area contributed by atoms with Gasteiger partial charge in [0.15, 0.2) is 12.2 Å². The van der Waals surface area contributed by atoms with E-state index < -0.39 is 97.5 Å². The van der Waals surface area contributed by atoms with Crippen LogP contribution < -0.4 is 0 Å². The topological polar surface area (TPSA) is 237 Å². The van der Waals surface area contributed by atoms with Gasteiger partial charge in [-0.3, -0.25) is 37.3 Å². The second kappa shape index (κ2) is 77.8. The average Bonchev–Trinajstić information content (AvgIpc) is 0.925. The molecule has 0 aliphatic carbocycles. The lowest BCUT2D eigenvalue weighted by atomic mass is 10.0. The van der Waals surface area contributed by atoms with Gasteiger partial charge in [-0.1, -0.05) is 407 Å². The Kier molecular flexibility index (Phi) is 76.3. The lowest BCUT2D eigenvalue weighted by Crippen LogP contribution is -2.30. The number of ether oxygens (including phenoxy) is 4. The molecule has 0 aromatic rings. The molecule has 0 rings (SSSR count). The number of unbranched alkanes of at least 4 members (excludes halogenated alkanes) is 57. The van der Waals surface area contributed by atoms with E-state index in [1.165, 1.54) is 283 Å². The molecule has 0 saturated heterocycles. The summed E-state index contributed by atoms with van der Waals surface area (Å²) in [5.74, 6) is -1.34. The molecular formula is C85H166O17P2. The maximum absolute atomic E-state index is 13.1. The number of phosphoric ester groups is 2. The third kappa shape index (κ3) is 78.2. The molecule has 0 saturated carbocycles. The molecule has 618 valence electrons. The minimum atomic E-state index is -4.96. The van der Waals surface area contributed by atoms with E-state index in [4.69, 9.17) is 37.0 Å². The quantitative estimate of drug-likeness (QED) is 0.0222. The van der Waals surface area contributed by atoms with Gasteiger partial charge in [0.2, 0.25) is 0 Å². The van der Waals surface area contributed by atoms with Gasteiger partial charge < -0.3 is 33.8 Å². The monoisotopic (exact) mass is 1520 g/mol. The van der Waals surface area contributed by atoms with Gasteiger partial charge in [0.1, 0.15) is 19.3 Å². The van der Waals surface area contributed by atoms with Gasteiger partial charge in [-0.2, -0.15) is 0 Å².